The molecule has 1 fully saturated rings. The Labute approximate surface area is 133 Å². The fraction of sp³-hybridized carbons (Fsp3) is 0.312. The lowest BCUT2D eigenvalue weighted by Crippen LogP contribution is -2.48. The highest BCUT2D eigenvalue weighted by Crippen LogP contribution is 2.25. The molecule has 1 amide bonds. The number of hydrogen-bond donors (Lipinski definition) is 0. The molecule has 0 spiro atoms. The second kappa shape index (κ2) is 6.08. The summed E-state index contributed by atoms with van der Waals surface area (Å²) in [6.07, 6.45) is 0. The van der Waals surface area contributed by atoms with E-state index in [-0.39, 0.29) is 5.91 Å². The van der Waals surface area contributed by atoms with Crippen molar-refractivity contribution in [3.8, 4) is 0 Å². The van der Waals surface area contributed by atoms with Gasteiger partial charge in [0.1, 0.15) is 0 Å². The second-order valence-electron chi connectivity index (χ2n) is 5.17. The van der Waals surface area contributed by atoms with E-state index in [4.69, 9.17) is 11.6 Å². The van der Waals surface area contributed by atoms with Gasteiger partial charge in [-0.05, 0) is 30.7 Å². The molecule has 0 radical (unpaired) electrons. The molecule has 1 aromatic heterocycles. The molecule has 1 saturated heterocycles. The van der Waals surface area contributed by atoms with Gasteiger partial charge in [0.2, 0.25) is 0 Å². The Balaban J connectivity index is 1.65. The Morgan fingerprint density at radius 1 is 1.10 bits per heavy atom. The predicted molar refractivity (Wildman–Crippen MR) is 88.6 cm³/mol. The molecule has 1 aliphatic heterocycles. The van der Waals surface area contributed by atoms with Gasteiger partial charge in [0, 0.05) is 31.9 Å². The van der Waals surface area contributed by atoms with Crippen LogP contribution >= 0.6 is 22.9 Å². The minimum atomic E-state index is 0.0938. The van der Waals surface area contributed by atoms with Crippen LogP contribution in [0.25, 0.3) is 0 Å². The Morgan fingerprint density at radius 2 is 1.81 bits per heavy atom. The molecule has 0 N–H and O–H groups in total. The van der Waals surface area contributed by atoms with E-state index in [9.17, 15) is 4.79 Å². The third-order valence-corrected chi connectivity index (χ3v) is 5.03. The minimum Gasteiger partial charge on any atom is -0.368 e. The first-order valence-electron chi connectivity index (χ1n) is 7.00. The Bertz CT molecular complexity index is 647. The van der Waals surface area contributed by atoms with Crippen LogP contribution in [0.5, 0.6) is 0 Å². The lowest BCUT2D eigenvalue weighted by Gasteiger charge is -2.36. The largest absolute Gasteiger partial charge is 0.368 e. The van der Waals surface area contributed by atoms with Crippen molar-refractivity contribution in [2.24, 2.45) is 0 Å². The smallest absolute Gasteiger partial charge is 0.264 e. The van der Waals surface area contributed by atoms with Gasteiger partial charge in [-0.15, -0.1) is 11.3 Å². The summed E-state index contributed by atoms with van der Waals surface area (Å²) < 4.78 is 0.664. The van der Waals surface area contributed by atoms with Crippen molar-refractivity contribution >= 4 is 34.5 Å². The number of para-hydroxylation sites is 1. The second-order valence-corrected chi connectivity index (χ2v) is 6.88. The Kier molecular flexibility index (Phi) is 4.17. The van der Waals surface area contributed by atoms with Crippen molar-refractivity contribution < 1.29 is 4.79 Å². The first kappa shape index (κ1) is 14.4. The first-order chi connectivity index (χ1) is 10.1. The van der Waals surface area contributed by atoms with Crippen molar-refractivity contribution in [3.05, 3.63) is 51.2 Å². The molecule has 1 aliphatic rings. The highest BCUT2D eigenvalue weighted by molar-refractivity contribution is 7.17. The zero-order chi connectivity index (χ0) is 14.8. The minimum absolute atomic E-state index is 0.0938. The number of thiophene rings is 1. The maximum atomic E-state index is 12.4. The standard InChI is InChI=1S/C16H17ClN2OS/c1-12-4-2-3-5-13(12)18-8-10-19(11-9-18)16(20)14-6-7-15(17)21-14/h2-7H,8-11H2,1H3. The average Bonchev–Trinajstić information content (AvgIpc) is 2.94. The molecular weight excluding hydrogens is 304 g/mol. The lowest BCUT2D eigenvalue weighted by atomic mass is 10.1. The van der Waals surface area contributed by atoms with Gasteiger partial charge in [0.15, 0.2) is 0 Å². The Hall–Kier alpha value is -1.52. The zero-order valence-electron chi connectivity index (χ0n) is 11.9. The van der Waals surface area contributed by atoms with Gasteiger partial charge in [-0.2, -0.15) is 0 Å². The molecule has 1 aromatic carbocycles. The van der Waals surface area contributed by atoms with Gasteiger partial charge in [-0.25, -0.2) is 0 Å². The number of benzene rings is 1. The first-order valence-corrected chi connectivity index (χ1v) is 8.20. The zero-order valence-corrected chi connectivity index (χ0v) is 13.5. The number of rotatable bonds is 2. The van der Waals surface area contributed by atoms with E-state index < -0.39 is 0 Å². The van der Waals surface area contributed by atoms with Gasteiger partial charge in [0.05, 0.1) is 9.21 Å². The molecule has 5 heteroatoms. The summed E-state index contributed by atoms with van der Waals surface area (Å²) in [4.78, 5) is 17.4. The summed E-state index contributed by atoms with van der Waals surface area (Å²) in [7, 11) is 0. The van der Waals surface area contributed by atoms with Crippen molar-refractivity contribution in [3.63, 3.8) is 0 Å². The van der Waals surface area contributed by atoms with Crippen LogP contribution in [0.15, 0.2) is 36.4 Å². The molecule has 2 aromatic rings. The molecule has 3 rings (SSSR count). The molecule has 110 valence electrons. The molecule has 0 bridgehead atoms. The van der Waals surface area contributed by atoms with Gasteiger partial charge >= 0.3 is 0 Å². The number of hydrogen-bond acceptors (Lipinski definition) is 3. The van der Waals surface area contributed by atoms with Crippen LogP contribution in [0, 0.1) is 6.92 Å². The molecule has 0 unspecified atom stereocenters. The van der Waals surface area contributed by atoms with Crippen molar-refractivity contribution in [1.82, 2.24) is 4.90 Å². The van der Waals surface area contributed by atoms with E-state index >= 15 is 0 Å². The number of nitrogens with zero attached hydrogens (tertiary/aromatic N) is 2. The van der Waals surface area contributed by atoms with E-state index in [1.807, 2.05) is 11.0 Å². The number of carbonyl (C=O) groups is 1. The van der Waals surface area contributed by atoms with E-state index in [0.29, 0.717) is 4.34 Å². The monoisotopic (exact) mass is 320 g/mol. The number of halogens is 1. The van der Waals surface area contributed by atoms with E-state index in [2.05, 4.69) is 36.1 Å². The van der Waals surface area contributed by atoms with Crippen LogP contribution in [0.2, 0.25) is 4.34 Å². The third-order valence-electron chi connectivity index (χ3n) is 3.81. The summed E-state index contributed by atoms with van der Waals surface area (Å²) in [6.45, 7) is 5.37. The number of carbonyl (C=O) groups excluding carboxylic acids is 1. The molecule has 21 heavy (non-hydrogen) atoms. The van der Waals surface area contributed by atoms with E-state index in [1.54, 1.807) is 6.07 Å². The summed E-state index contributed by atoms with van der Waals surface area (Å²) in [5.41, 5.74) is 2.55. The number of piperazine rings is 1. The fourth-order valence-electron chi connectivity index (χ4n) is 2.65. The highest BCUT2D eigenvalue weighted by atomic mass is 35.5. The van der Waals surface area contributed by atoms with Gasteiger partial charge in [0.25, 0.3) is 5.91 Å². The Morgan fingerprint density at radius 3 is 2.43 bits per heavy atom. The van der Waals surface area contributed by atoms with E-state index in [1.165, 1.54) is 22.6 Å². The van der Waals surface area contributed by atoms with Gasteiger partial charge < -0.3 is 9.80 Å². The van der Waals surface area contributed by atoms with Crippen LogP contribution in [-0.2, 0) is 0 Å². The third kappa shape index (κ3) is 3.06. The number of amides is 1. The maximum Gasteiger partial charge on any atom is 0.264 e. The fourth-order valence-corrected chi connectivity index (χ4v) is 3.66. The quantitative estimate of drug-likeness (QED) is 0.843. The van der Waals surface area contributed by atoms with Crippen molar-refractivity contribution in [2.75, 3.05) is 31.1 Å². The van der Waals surface area contributed by atoms with Crippen LogP contribution in [0.1, 0.15) is 15.2 Å². The normalized spacial score (nSPS) is 15.3. The SMILES string of the molecule is Cc1ccccc1N1CCN(C(=O)c2ccc(Cl)s2)CC1. The number of anilines is 1. The van der Waals surface area contributed by atoms with Crippen LogP contribution in [-0.4, -0.2) is 37.0 Å². The van der Waals surface area contributed by atoms with Crippen LogP contribution < -0.4 is 4.90 Å². The highest BCUT2D eigenvalue weighted by Gasteiger charge is 2.23. The topological polar surface area (TPSA) is 23.6 Å². The summed E-state index contributed by atoms with van der Waals surface area (Å²) in [6, 6.07) is 12.0. The van der Waals surface area contributed by atoms with Gasteiger partial charge in [-0.3, -0.25) is 4.79 Å². The molecular formula is C16H17ClN2OS. The predicted octanol–water partition coefficient (Wildman–Crippen LogP) is 3.67. The maximum absolute atomic E-state index is 12.4. The number of aryl methyl sites for hydroxylation is 1. The molecule has 0 aliphatic carbocycles. The van der Waals surface area contributed by atoms with E-state index in [0.717, 1.165) is 31.1 Å². The molecule has 0 saturated carbocycles. The summed E-state index contributed by atoms with van der Waals surface area (Å²) >= 11 is 7.25. The van der Waals surface area contributed by atoms with Crippen LogP contribution in [0.4, 0.5) is 5.69 Å². The van der Waals surface area contributed by atoms with Gasteiger partial charge in [-0.1, -0.05) is 29.8 Å². The summed E-state index contributed by atoms with van der Waals surface area (Å²) in [5, 5.41) is 0. The molecule has 2 heterocycles. The van der Waals surface area contributed by atoms with Crippen LogP contribution in [0.3, 0.4) is 0 Å². The molecule has 0 atom stereocenters. The molecule has 3 nitrogen and oxygen atoms in total. The summed E-state index contributed by atoms with van der Waals surface area (Å²) in [5.74, 6) is 0.0938. The van der Waals surface area contributed by atoms with Crippen molar-refractivity contribution in [1.29, 1.82) is 0 Å². The average molecular weight is 321 g/mol. The van der Waals surface area contributed by atoms with Crippen molar-refractivity contribution in [2.45, 2.75) is 6.92 Å². The lowest BCUT2D eigenvalue weighted by molar-refractivity contribution is 0.0751.